The van der Waals surface area contributed by atoms with Gasteiger partial charge in [-0.3, -0.25) is 4.79 Å². The summed E-state index contributed by atoms with van der Waals surface area (Å²) in [6.45, 7) is 3.35. The highest BCUT2D eigenvalue weighted by Crippen LogP contribution is 2.08. The topological polar surface area (TPSA) is 64.2 Å². The molecule has 0 aliphatic carbocycles. The van der Waals surface area contributed by atoms with Crippen molar-refractivity contribution in [1.82, 2.24) is 19.2 Å². The molecule has 0 fully saturated rings. The van der Waals surface area contributed by atoms with Crippen molar-refractivity contribution in [2.45, 2.75) is 13.5 Å². The third-order valence-electron chi connectivity index (χ3n) is 3.07. The monoisotopic (exact) mass is 269 g/mol. The molecule has 20 heavy (non-hydrogen) atoms. The second kappa shape index (κ2) is 5.16. The minimum Gasteiger partial charge on any atom is -0.370 e. The molecule has 6 nitrogen and oxygen atoms in total. The third kappa shape index (κ3) is 2.27. The van der Waals surface area contributed by atoms with Crippen molar-refractivity contribution in [2.24, 2.45) is 0 Å². The van der Waals surface area contributed by atoms with Gasteiger partial charge in [-0.15, -0.1) is 0 Å². The van der Waals surface area contributed by atoms with E-state index in [-0.39, 0.29) is 5.56 Å². The van der Waals surface area contributed by atoms with Gasteiger partial charge in [-0.05, 0) is 30.7 Å². The Hall–Kier alpha value is -2.63. The lowest BCUT2D eigenvalue weighted by atomic mass is 10.2. The van der Waals surface area contributed by atoms with Gasteiger partial charge in [0.25, 0.3) is 5.56 Å². The molecule has 0 bridgehead atoms. The van der Waals surface area contributed by atoms with E-state index in [0.717, 1.165) is 17.9 Å². The zero-order valence-corrected chi connectivity index (χ0v) is 11.2. The van der Waals surface area contributed by atoms with E-state index >= 15 is 0 Å². The van der Waals surface area contributed by atoms with Gasteiger partial charge in [0.2, 0.25) is 0 Å². The highest BCUT2D eigenvalue weighted by atomic mass is 16.1. The SMILES string of the molecule is CCNc1cc(Cn2ccn3nccc3c2=O)ccn1. The van der Waals surface area contributed by atoms with Crippen molar-refractivity contribution >= 4 is 11.3 Å². The molecule has 0 unspecified atom stereocenters. The Morgan fingerprint density at radius 3 is 3.00 bits per heavy atom. The molecule has 0 saturated carbocycles. The molecule has 0 radical (unpaired) electrons. The van der Waals surface area contributed by atoms with Crippen LogP contribution in [0, 0.1) is 0 Å². The summed E-state index contributed by atoms with van der Waals surface area (Å²) in [5.74, 6) is 0.823. The van der Waals surface area contributed by atoms with Crippen molar-refractivity contribution in [3.8, 4) is 0 Å². The fourth-order valence-corrected chi connectivity index (χ4v) is 2.13. The second-order valence-corrected chi connectivity index (χ2v) is 4.47. The number of pyridine rings is 1. The number of nitrogens with one attached hydrogen (secondary N) is 1. The van der Waals surface area contributed by atoms with Gasteiger partial charge >= 0.3 is 0 Å². The van der Waals surface area contributed by atoms with Gasteiger partial charge < -0.3 is 9.88 Å². The predicted molar refractivity (Wildman–Crippen MR) is 77.0 cm³/mol. The zero-order valence-electron chi connectivity index (χ0n) is 11.2. The largest absolute Gasteiger partial charge is 0.370 e. The van der Waals surface area contributed by atoms with Gasteiger partial charge in [-0.2, -0.15) is 5.10 Å². The average molecular weight is 269 g/mol. The van der Waals surface area contributed by atoms with Crippen LogP contribution in [0.25, 0.3) is 5.52 Å². The quantitative estimate of drug-likeness (QED) is 0.777. The van der Waals surface area contributed by atoms with Crippen LogP contribution in [0.3, 0.4) is 0 Å². The van der Waals surface area contributed by atoms with Gasteiger partial charge in [-0.1, -0.05) is 0 Å². The Labute approximate surface area is 115 Å². The van der Waals surface area contributed by atoms with Crippen molar-refractivity contribution in [3.63, 3.8) is 0 Å². The molecule has 0 spiro atoms. The van der Waals surface area contributed by atoms with Crippen LogP contribution in [-0.2, 0) is 6.54 Å². The standard InChI is InChI=1S/C14H15N5O/c1-2-15-13-9-11(3-5-16-13)10-18-7-8-19-12(14(18)20)4-6-17-19/h3-9H,2,10H2,1H3,(H,15,16). The van der Waals surface area contributed by atoms with Crippen molar-refractivity contribution in [1.29, 1.82) is 0 Å². The van der Waals surface area contributed by atoms with Gasteiger partial charge in [0.1, 0.15) is 11.3 Å². The minimum atomic E-state index is -0.0492. The van der Waals surface area contributed by atoms with E-state index in [1.807, 2.05) is 19.1 Å². The van der Waals surface area contributed by atoms with E-state index in [4.69, 9.17) is 0 Å². The lowest BCUT2D eigenvalue weighted by Crippen LogP contribution is -2.21. The van der Waals surface area contributed by atoms with Gasteiger partial charge in [0.05, 0.1) is 12.7 Å². The van der Waals surface area contributed by atoms with Crippen LogP contribution >= 0.6 is 0 Å². The Bertz CT molecular complexity index is 789. The summed E-state index contributed by atoms with van der Waals surface area (Å²) in [5.41, 5.74) is 1.56. The maximum Gasteiger partial charge on any atom is 0.276 e. The number of anilines is 1. The summed E-state index contributed by atoms with van der Waals surface area (Å²) < 4.78 is 3.25. The van der Waals surface area contributed by atoms with E-state index in [0.29, 0.717) is 12.1 Å². The number of fused-ring (bicyclic) bond motifs is 1. The van der Waals surface area contributed by atoms with Crippen LogP contribution in [0.15, 0.2) is 47.8 Å². The molecule has 0 aliphatic heterocycles. The van der Waals surface area contributed by atoms with E-state index in [1.165, 1.54) is 0 Å². The summed E-state index contributed by atoms with van der Waals surface area (Å²) in [4.78, 5) is 16.5. The smallest absolute Gasteiger partial charge is 0.276 e. The third-order valence-corrected chi connectivity index (χ3v) is 3.07. The molecule has 0 saturated heterocycles. The number of hydrogen-bond acceptors (Lipinski definition) is 4. The molecule has 3 heterocycles. The molecule has 102 valence electrons. The van der Waals surface area contributed by atoms with Crippen molar-refractivity contribution in [3.05, 3.63) is 58.9 Å². The first-order valence-corrected chi connectivity index (χ1v) is 6.49. The average Bonchev–Trinajstić information content (AvgIpc) is 2.92. The summed E-state index contributed by atoms with van der Waals surface area (Å²) >= 11 is 0. The maximum atomic E-state index is 12.3. The zero-order chi connectivity index (χ0) is 13.9. The van der Waals surface area contributed by atoms with Crippen molar-refractivity contribution < 1.29 is 0 Å². The van der Waals surface area contributed by atoms with Crippen LogP contribution in [-0.4, -0.2) is 25.7 Å². The fourth-order valence-electron chi connectivity index (χ4n) is 2.13. The Balaban J connectivity index is 1.94. The first-order valence-electron chi connectivity index (χ1n) is 6.49. The van der Waals surface area contributed by atoms with Crippen LogP contribution in [0.1, 0.15) is 12.5 Å². The molecule has 3 rings (SSSR count). The number of rotatable bonds is 4. The van der Waals surface area contributed by atoms with Crippen molar-refractivity contribution in [2.75, 3.05) is 11.9 Å². The summed E-state index contributed by atoms with van der Waals surface area (Å²) in [5, 5.41) is 7.21. The van der Waals surface area contributed by atoms with E-state index in [1.54, 1.807) is 39.9 Å². The molecule has 1 N–H and O–H groups in total. The molecule has 0 aliphatic rings. The van der Waals surface area contributed by atoms with Gasteiger partial charge in [0, 0.05) is 25.1 Å². The van der Waals surface area contributed by atoms with Crippen LogP contribution in [0.5, 0.6) is 0 Å². The normalized spacial score (nSPS) is 10.8. The molecule has 3 aromatic heterocycles. The molecule has 0 amide bonds. The Morgan fingerprint density at radius 1 is 1.25 bits per heavy atom. The molecular formula is C14H15N5O. The van der Waals surface area contributed by atoms with Gasteiger partial charge in [-0.25, -0.2) is 9.50 Å². The van der Waals surface area contributed by atoms with Gasteiger partial charge in [0.15, 0.2) is 0 Å². The first-order chi connectivity index (χ1) is 9.78. The summed E-state index contributed by atoms with van der Waals surface area (Å²) in [6, 6.07) is 5.58. The number of nitrogens with zero attached hydrogens (tertiary/aromatic N) is 4. The fraction of sp³-hybridized carbons (Fsp3) is 0.214. The Kier molecular flexibility index (Phi) is 3.20. The molecule has 3 aromatic rings. The van der Waals surface area contributed by atoms with E-state index in [9.17, 15) is 4.79 Å². The lowest BCUT2D eigenvalue weighted by Gasteiger charge is -2.08. The summed E-state index contributed by atoms with van der Waals surface area (Å²) in [6.07, 6.45) is 6.89. The maximum absolute atomic E-state index is 12.3. The minimum absolute atomic E-state index is 0.0492. The highest BCUT2D eigenvalue weighted by molar-refractivity contribution is 5.43. The summed E-state index contributed by atoms with van der Waals surface area (Å²) in [7, 11) is 0. The molecule has 0 aromatic carbocycles. The van der Waals surface area contributed by atoms with Crippen LogP contribution < -0.4 is 10.9 Å². The predicted octanol–water partition coefficient (Wildman–Crippen LogP) is 1.37. The Morgan fingerprint density at radius 2 is 2.15 bits per heavy atom. The first kappa shape index (κ1) is 12.4. The van der Waals surface area contributed by atoms with Crippen LogP contribution in [0.4, 0.5) is 5.82 Å². The van der Waals surface area contributed by atoms with E-state index < -0.39 is 0 Å². The second-order valence-electron chi connectivity index (χ2n) is 4.47. The molecular weight excluding hydrogens is 254 g/mol. The highest BCUT2D eigenvalue weighted by Gasteiger charge is 2.04. The van der Waals surface area contributed by atoms with E-state index in [2.05, 4.69) is 15.4 Å². The molecule has 6 heteroatoms. The number of aromatic nitrogens is 4. The van der Waals surface area contributed by atoms with Crippen LogP contribution in [0.2, 0.25) is 0 Å². The molecule has 0 atom stereocenters. The number of hydrogen-bond donors (Lipinski definition) is 1. The lowest BCUT2D eigenvalue weighted by molar-refractivity contribution is 0.742.